The number of benzene rings is 1. The Morgan fingerprint density at radius 1 is 1.12 bits per heavy atom. The molecule has 92 valence electrons. The van der Waals surface area contributed by atoms with Crippen molar-refractivity contribution in [1.82, 2.24) is 0 Å². The van der Waals surface area contributed by atoms with Gasteiger partial charge in [-0.05, 0) is 37.0 Å². The molecule has 0 heterocycles. The van der Waals surface area contributed by atoms with E-state index in [1.54, 1.807) is 12.1 Å². The minimum Gasteiger partial charge on any atom is -0.479 e. The monoisotopic (exact) mass is 238 g/mol. The molecule has 0 aliphatic heterocycles. The number of carboxylic acids is 2. The first-order valence-electron chi connectivity index (χ1n) is 5.24. The van der Waals surface area contributed by atoms with Gasteiger partial charge < -0.3 is 15.3 Å². The molecule has 0 bridgehead atoms. The van der Waals surface area contributed by atoms with Crippen molar-refractivity contribution in [3.8, 4) is 0 Å². The third kappa shape index (κ3) is 4.24. The van der Waals surface area contributed by atoms with E-state index in [0.29, 0.717) is 12.8 Å². The van der Waals surface area contributed by atoms with Crippen LogP contribution in [0.4, 0.5) is 0 Å². The zero-order valence-electron chi connectivity index (χ0n) is 9.17. The molecule has 0 amide bonds. The van der Waals surface area contributed by atoms with Gasteiger partial charge in [0.1, 0.15) is 0 Å². The third-order valence-electron chi connectivity index (χ3n) is 2.43. The predicted octanol–water partition coefficient (Wildman–Crippen LogP) is 1.15. The van der Waals surface area contributed by atoms with Crippen molar-refractivity contribution >= 4 is 11.9 Å². The number of aliphatic carboxylic acids is 1. The maximum atomic E-state index is 10.6. The van der Waals surface area contributed by atoms with E-state index in [4.69, 9.17) is 15.3 Å². The fraction of sp³-hybridized carbons (Fsp3) is 0.333. The number of hydrogen-bond donors (Lipinski definition) is 3. The molecular formula is C12H14O5. The molecule has 17 heavy (non-hydrogen) atoms. The Hall–Kier alpha value is -1.88. The van der Waals surface area contributed by atoms with Crippen LogP contribution in [0.25, 0.3) is 0 Å². The predicted molar refractivity (Wildman–Crippen MR) is 60.0 cm³/mol. The van der Waals surface area contributed by atoms with Crippen LogP contribution in [0.1, 0.15) is 28.8 Å². The molecule has 5 nitrogen and oxygen atoms in total. The fourth-order valence-corrected chi connectivity index (χ4v) is 1.44. The Balaban J connectivity index is 2.42. The molecule has 0 spiro atoms. The van der Waals surface area contributed by atoms with Gasteiger partial charge in [-0.3, -0.25) is 0 Å². The van der Waals surface area contributed by atoms with E-state index < -0.39 is 18.0 Å². The minimum absolute atomic E-state index is 0.190. The van der Waals surface area contributed by atoms with Crippen molar-refractivity contribution in [1.29, 1.82) is 0 Å². The maximum absolute atomic E-state index is 10.6. The normalized spacial score (nSPS) is 12.1. The summed E-state index contributed by atoms with van der Waals surface area (Å²) in [6.45, 7) is 0. The van der Waals surface area contributed by atoms with Gasteiger partial charge in [-0.2, -0.15) is 0 Å². The Morgan fingerprint density at radius 2 is 1.71 bits per heavy atom. The van der Waals surface area contributed by atoms with Crippen molar-refractivity contribution in [3.63, 3.8) is 0 Å². The van der Waals surface area contributed by atoms with Crippen LogP contribution in [0, 0.1) is 0 Å². The highest BCUT2D eigenvalue weighted by Gasteiger charge is 2.12. The van der Waals surface area contributed by atoms with E-state index in [9.17, 15) is 9.59 Å². The standard InChI is InChI=1S/C12H14O5/c13-10(12(16)17)3-1-2-8-4-6-9(7-5-8)11(14)15/h4-7,10,13H,1-3H2,(H,14,15)(H,16,17). The highest BCUT2D eigenvalue weighted by Crippen LogP contribution is 2.09. The van der Waals surface area contributed by atoms with Gasteiger partial charge in [0.05, 0.1) is 5.56 Å². The summed E-state index contributed by atoms with van der Waals surface area (Å²) in [5, 5.41) is 26.2. The zero-order chi connectivity index (χ0) is 12.8. The van der Waals surface area contributed by atoms with Crippen molar-refractivity contribution in [2.45, 2.75) is 25.4 Å². The van der Waals surface area contributed by atoms with E-state index >= 15 is 0 Å². The molecule has 1 atom stereocenters. The molecule has 1 aromatic carbocycles. The summed E-state index contributed by atoms with van der Waals surface area (Å²) in [4.78, 5) is 20.9. The van der Waals surface area contributed by atoms with Crippen LogP contribution in [0.3, 0.4) is 0 Å². The minimum atomic E-state index is -1.33. The van der Waals surface area contributed by atoms with Crippen LogP contribution in [0.2, 0.25) is 0 Å². The maximum Gasteiger partial charge on any atom is 0.335 e. The summed E-state index contributed by atoms with van der Waals surface area (Å²) >= 11 is 0. The third-order valence-corrected chi connectivity index (χ3v) is 2.43. The molecule has 1 aromatic rings. The second-order valence-electron chi connectivity index (χ2n) is 3.75. The Labute approximate surface area is 98.3 Å². The van der Waals surface area contributed by atoms with Gasteiger partial charge in [0, 0.05) is 0 Å². The second kappa shape index (κ2) is 6.00. The van der Waals surface area contributed by atoms with Crippen molar-refractivity contribution in [2.75, 3.05) is 0 Å². The summed E-state index contributed by atoms with van der Waals surface area (Å²) in [5.74, 6) is -2.19. The molecule has 1 unspecified atom stereocenters. The number of aryl methyl sites for hydroxylation is 1. The fourth-order valence-electron chi connectivity index (χ4n) is 1.44. The van der Waals surface area contributed by atoms with Gasteiger partial charge in [-0.1, -0.05) is 12.1 Å². The number of aliphatic hydroxyl groups excluding tert-OH is 1. The van der Waals surface area contributed by atoms with Crippen LogP contribution >= 0.6 is 0 Å². The van der Waals surface area contributed by atoms with Gasteiger partial charge in [0.2, 0.25) is 0 Å². The zero-order valence-corrected chi connectivity index (χ0v) is 9.17. The lowest BCUT2D eigenvalue weighted by atomic mass is 10.0. The molecular weight excluding hydrogens is 224 g/mol. The summed E-state index contributed by atoms with van der Waals surface area (Å²) in [6.07, 6.45) is 0.0217. The Kier molecular flexibility index (Phi) is 4.66. The Morgan fingerprint density at radius 3 is 2.18 bits per heavy atom. The molecule has 0 saturated heterocycles. The molecule has 0 aliphatic rings. The van der Waals surface area contributed by atoms with Crippen LogP contribution in [0.5, 0.6) is 0 Å². The molecule has 0 radical (unpaired) electrons. The molecule has 0 saturated carbocycles. The average Bonchev–Trinajstić information content (AvgIpc) is 2.29. The summed E-state index contributed by atoms with van der Waals surface area (Å²) in [5.41, 5.74) is 1.15. The van der Waals surface area contributed by atoms with Crippen molar-refractivity contribution in [2.24, 2.45) is 0 Å². The van der Waals surface area contributed by atoms with E-state index in [0.717, 1.165) is 5.56 Å². The first-order valence-corrected chi connectivity index (χ1v) is 5.24. The first-order chi connectivity index (χ1) is 8.00. The number of aromatic carboxylic acids is 1. The molecule has 0 fully saturated rings. The average molecular weight is 238 g/mol. The van der Waals surface area contributed by atoms with Gasteiger partial charge in [-0.15, -0.1) is 0 Å². The van der Waals surface area contributed by atoms with Crippen LogP contribution in [-0.4, -0.2) is 33.4 Å². The molecule has 0 aromatic heterocycles. The van der Waals surface area contributed by atoms with Gasteiger partial charge in [0.25, 0.3) is 0 Å². The summed E-state index contributed by atoms with van der Waals surface area (Å²) < 4.78 is 0. The largest absolute Gasteiger partial charge is 0.479 e. The molecule has 0 aliphatic carbocycles. The van der Waals surface area contributed by atoms with Gasteiger partial charge in [0.15, 0.2) is 6.10 Å². The van der Waals surface area contributed by atoms with Crippen LogP contribution in [0.15, 0.2) is 24.3 Å². The van der Waals surface area contributed by atoms with Crippen LogP contribution < -0.4 is 0 Å². The number of carboxylic acid groups (broad SMARTS) is 2. The van der Waals surface area contributed by atoms with Crippen LogP contribution in [-0.2, 0) is 11.2 Å². The summed E-state index contributed by atoms with van der Waals surface area (Å²) in [7, 11) is 0. The van der Waals surface area contributed by atoms with Crippen molar-refractivity contribution in [3.05, 3.63) is 35.4 Å². The van der Waals surface area contributed by atoms with E-state index in [1.165, 1.54) is 12.1 Å². The molecule has 5 heteroatoms. The highest BCUT2D eigenvalue weighted by molar-refractivity contribution is 5.87. The lowest BCUT2D eigenvalue weighted by molar-refractivity contribution is -0.146. The number of rotatable bonds is 6. The van der Waals surface area contributed by atoms with E-state index in [-0.39, 0.29) is 12.0 Å². The second-order valence-corrected chi connectivity index (χ2v) is 3.75. The quantitative estimate of drug-likeness (QED) is 0.691. The SMILES string of the molecule is O=C(O)c1ccc(CCCC(O)C(=O)O)cc1. The van der Waals surface area contributed by atoms with Crippen molar-refractivity contribution < 1.29 is 24.9 Å². The molecule has 3 N–H and O–H groups in total. The Bertz CT molecular complexity index is 396. The molecule has 1 rings (SSSR count). The van der Waals surface area contributed by atoms with Gasteiger partial charge >= 0.3 is 11.9 Å². The number of carbonyl (C=O) groups is 2. The van der Waals surface area contributed by atoms with E-state index in [2.05, 4.69) is 0 Å². The lowest BCUT2D eigenvalue weighted by Gasteiger charge is -2.05. The number of aliphatic hydroxyl groups is 1. The summed E-state index contributed by atoms with van der Waals surface area (Å²) in [6, 6.07) is 6.39. The smallest absolute Gasteiger partial charge is 0.335 e. The number of hydrogen-bond acceptors (Lipinski definition) is 3. The highest BCUT2D eigenvalue weighted by atomic mass is 16.4. The van der Waals surface area contributed by atoms with E-state index in [1.807, 2.05) is 0 Å². The lowest BCUT2D eigenvalue weighted by Crippen LogP contribution is -2.19. The topological polar surface area (TPSA) is 94.8 Å². The van der Waals surface area contributed by atoms with Gasteiger partial charge in [-0.25, -0.2) is 9.59 Å². The first kappa shape index (κ1) is 13.2.